The van der Waals surface area contributed by atoms with Gasteiger partial charge in [0.25, 0.3) is 0 Å². The fraction of sp³-hybridized carbons (Fsp3) is 0.182. The van der Waals surface area contributed by atoms with Gasteiger partial charge in [-0.25, -0.2) is 8.42 Å². The summed E-state index contributed by atoms with van der Waals surface area (Å²) in [6.45, 7) is 1.63. The Morgan fingerprint density at radius 3 is 2.52 bits per heavy atom. The molecule has 2 aromatic heterocycles. The van der Waals surface area contributed by atoms with E-state index in [4.69, 9.17) is 4.74 Å². The number of sulfonamides is 1. The van der Waals surface area contributed by atoms with Gasteiger partial charge in [0.15, 0.2) is 0 Å². The first-order chi connectivity index (χ1) is 15.1. The molecule has 0 unspecified atom stereocenters. The van der Waals surface area contributed by atoms with Crippen LogP contribution in [0.3, 0.4) is 0 Å². The van der Waals surface area contributed by atoms with Gasteiger partial charge in [0.05, 0.1) is 41.0 Å². The number of hydrogen-bond donors (Lipinski definition) is 1. The Morgan fingerprint density at radius 1 is 1.00 bits per heavy atom. The van der Waals surface area contributed by atoms with Crippen LogP contribution in [-0.2, 0) is 14.8 Å². The molecule has 0 saturated carbocycles. The Bertz CT molecular complexity index is 1300. The Balaban J connectivity index is 1.46. The number of nitrogens with zero attached hydrogens (tertiary/aromatic N) is 3. The van der Waals surface area contributed by atoms with Gasteiger partial charge in [-0.3, -0.25) is 9.97 Å². The second-order valence-corrected chi connectivity index (χ2v) is 9.95. The van der Waals surface area contributed by atoms with Crippen LogP contribution in [-0.4, -0.2) is 49.0 Å². The molecule has 0 aliphatic carbocycles. The highest BCUT2D eigenvalue weighted by molar-refractivity contribution is 7.89. The van der Waals surface area contributed by atoms with Crippen molar-refractivity contribution in [2.75, 3.05) is 31.6 Å². The lowest BCUT2D eigenvalue weighted by Crippen LogP contribution is -2.40. The monoisotopic (exact) mass is 452 g/mol. The van der Waals surface area contributed by atoms with Gasteiger partial charge < -0.3 is 10.1 Å². The molecule has 0 atom stereocenters. The molecule has 1 aliphatic rings. The maximum Gasteiger partial charge on any atom is 0.243 e. The van der Waals surface area contributed by atoms with Crippen molar-refractivity contribution in [1.29, 1.82) is 0 Å². The number of anilines is 2. The smallest absolute Gasteiger partial charge is 0.243 e. The van der Waals surface area contributed by atoms with Crippen LogP contribution in [0.15, 0.2) is 71.3 Å². The summed E-state index contributed by atoms with van der Waals surface area (Å²) in [7, 11) is -3.50. The molecule has 9 heteroatoms. The van der Waals surface area contributed by atoms with Crippen LogP contribution in [0.25, 0.3) is 22.0 Å². The lowest BCUT2D eigenvalue weighted by Gasteiger charge is -2.26. The lowest BCUT2D eigenvalue weighted by atomic mass is 10.0. The zero-order valence-electron chi connectivity index (χ0n) is 16.6. The Kier molecular flexibility index (Phi) is 5.41. The van der Waals surface area contributed by atoms with Crippen molar-refractivity contribution in [1.82, 2.24) is 14.3 Å². The molecule has 1 N–H and O–H groups in total. The number of nitrogens with one attached hydrogen (secondary N) is 1. The van der Waals surface area contributed by atoms with E-state index in [1.165, 1.54) is 15.6 Å². The van der Waals surface area contributed by atoms with Crippen molar-refractivity contribution >= 4 is 43.0 Å². The summed E-state index contributed by atoms with van der Waals surface area (Å²) in [6.07, 6.45) is 3.56. The molecule has 2 aromatic carbocycles. The van der Waals surface area contributed by atoms with E-state index in [-0.39, 0.29) is 0 Å². The van der Waals surface area contributed by atoms with Crippen LogP contribution in [0.2, 0.25) is 0 Å². The summed E-state index contributed by atoms with van der Waals surface area (Å²) in [5.74, 6) is 0. The summed E-state index contributed by atoms with van der Waals surface area (Å²) in [5.41, 5.74) is 5.54. The molecular weight excluding hydrogens is 432 g/mol. The average molecular weight is 453 g/mol. The van der Waals surface area contributed by atoms with E-state index in [1.807, 2.05) is 30.3 Å². The first-order valence-electron chi connectivity index (χ1n) is 9.84. The van der Waals surface area contributed by atoms with E-state index < -0.39 is 10.0 Å². The number of rotatable bonds is 5. The van der Waals surface area contributed by atoms with E-state index in [0.717, 1.165) is 32.7 Å². The quantitative estimate of drug-likeness (QED) is 0.490. The lowest BCUT2D eigenvalue weighted by molar-refractivity contribution is 0.0730. The van der Waals surface area contributed by atoms with Crippen LogP contribution in [0.5, 0.6) is 0 Å². The molecule has 1 fully saturated rings. The largest absolute Gasteiger partial charge is 0.379 e. The van der Waals surface area contributed by atoms with Gasteiger partial charge in [-0.15, -0.1) is 11.3 Å². The van der Waals surface area contributed by atoms with E-state index in [0.29, 0.717) is 31.2 Å². The predicted octanol–water partition coefficient (Wildman–Crippen LogP) is 4.12. The van der Waals surface area contributed by atoms with Crippen molar-refractivity contribution in [2.45, 2.75) is 4.90 Å². The number of pyridine rings is 1. The molecule has 0 radical (unpaired) electrons. The Morgan fingerprint density at radius 2 is 1.77 bits per heavy atom. The van der Waals surface area contributed by atoms with Crippen molar-refractivity contribution in [2.24, 2.45) is 0 Å². The molecule has 4 aromatic rings. The molecule has 1 aliphatic heterocycles. The van der Waals surface area contributed by atoms with Gasteiger partial charge in [0.1, 0.15) is 5.00 Å². The summed E-state index contributed by atoms with van der Waals surface area (Å²) in [6, 6.07) is 15.0. The second-order valence-electron chi connectivity index (χ2n) is 7.12. The third-order valence-corrected chi connectivity index (χ3v) is 7.83. The number of thiazole rings is 1. The maximum atomic E-state index is 12.9. The normalized spacial score (nSPS) is 15.2. The van der Waals surface area contributed by atoms with Crippen LogP contribution in [0, 0.1) is 0 Å². The minimum absolute atomic E-state index is 0.299. The third-order valence-electron chi connectivity index (χ3n) is 5.23. The second kappa shape index (κ2) is 8.35. The fourth-order valence-corrected chi connectivity index (χ4v) is 5.53. The topological polar surface area (TPSA) is 84.4 Å². The highest BCUT2D eigenvalue weighted by Gasteiger charge is 2.26. The van der Waals surface area contributed by atoms with Gasteiger partial charge in [-0.05, 0) is 41.5 Å². The summed E-state index contributed by atoms with van der Waals surface area (Å²) in [5, 5.41) is 5.33. The van der Waals surface area contributed by atoms with Crippen LogP contribution in [0.4, 0.5) is 10.7 Å². The van der Waals surface area contributed by atoms with Crippen LogP contribution in [0.1, 0.15) is 0 Å². The number of hydrogen-bond acceptors (Lipinski definition) is 7. The van der Waals surface area contributed by atoms with E-state index in [2.05, 4.69) is 21.4 Å². The maximum absolute atomic E-state index is 12.9. The standard InChI is InChI=1S/C22H20N4O3S2/c27-31(28,26-9-11-29-12-10-26)18-4-1-16(2-5-18)17-3-6-20-19(13-17)21(7-8-24-20)25-22-14-23-15-30-22/h1-8,13-15H,9-12H2,(H,24,25). The SMILES string of the molecule is O=S(=O)(c1ccc(-c2ccc3nccc(Nc4cncs4)c3c2)cc1)N1CCOCC1. The van der Waals surface area contributed by atoms with Gasteiger partial charge >= 0.3 is 0 Å². The van der Waals surface area contributed by atoms with Crippen molar-refractivity contribution in [3.05, 3.63) is 66.4 Å². The minimum atomic E-state index is -3.50. The average Bonchev–Trinajstić information content (AvgIpc) is 3.33. The van der Waals surface area contributed by atoms with Gasteiger partial charge in [0.2, 0.25) is 10.0 Å². The number of aromatic nitrogens is 2. The highest BCUT2D eigenvalue weighted by atomic mass is 32.2. The summed E-state index contributed by atoms with van der Waals surface area (Å²) >= 11 is 1.53. The molecule has 7 nitrogen and oxygen atoms in total. The Labute approximate surface area is 184 Å². The molecule has 158 valence electrons. The number of ether oxygens (including phenoxy) is 1. The molecule has 0 amide bonds. The first-order valence-corrected chi connectivity index (χ1v) is 12.2. The Hall–Kier alpha value is -2.85. The van der Waals surface area contributed by atoms with E-state index >= 15 is 0 Å². The van der Waals surface area contributed by atoms with Gasteiger partial charge in [0, 0.05) is 24.7 Å². The van der Waals surface area contributed by atoms with Crippen LogP contribution >= 0.6 is 11.3 Å². The third kappa shape index (κ3) is 4.05. The molecule has 0 bridgehead atoms. The van der Waals surface area contributed by atoms with Crippen molar-refractivity contribution < 1.29 is 13.2 Å². The number of benzene rings is 2. The molecule has 5 rings (SSSR count). The summed E-state index contributed by atoms with van der Waals surface area (Å²) in [4.78, 5) is 8.86. The molecule has 31 heavy (non-hydrogen) atoms. The zero-order chi connectivity index (χ0) is 21.3. The van der Waals surface area contributed by atoms with E-state index in [1.54, 1.807) is 30.0 Å². The highest BCUT2D eigenvalue weighted by Crippen LogP contribution is 2.31. The van der Waals surface area contributed by atoms with Gasteiger partial charge in [-0.2, -0.15) is 4.31 Å². The number of fused-ring (bicyclic) bond motifs is 1. The van der Waals surface area contributed by atoms with Gasteiger partial charge in [-0.1, -0.05) is 18.2 Å². The predicted molar refractivity (Wildman–Crippen MR) is 122 cm³/mol. The van der Waals surface area contributed by atoms with Crippen molar-refractivity contribution in [3.8, 4) is 11.1 Å². The first kappa shape index (κ1) is 20.1. The molecule has 0 spiro atoms. The molecular formula is C22H20N4O3S2. The molecule has 1 saturated heterocycles. The number of morpholine rings is 1. The minimum Gasteiger partial charge on any atom is -0.379 e. The van der Waals surface area contributed by atoms with E-state index in [9.17, 15) is 8.42 Å². The summed E-state index contributed by atoms with van der Waals surface area (Å²) < 4.78 is 32.5. The van der Waals surface area contributed by atoms with Crippen LogP contribution < -0.4 is 5.32 Å². The fourth-order valence-electron chi connectivity index (χ4n) is 3.60. The molecule has 3 heterocycles. The zero-order valence-corrected chi connectivity index (χ0v) is 18.2. The van der Waals surface area contributed by atoms with Crippen molar-refractivity contribution in [3.63, 3.8) is 0 Å².